The van der Waals surface area contributed by atoms with Gasteiger partial charge in [0.15, 0.2) is 6.61 Å². The molecule has 0 bridgehead atoms. The second-order valence-electron chi connectivity index (χ2n) is 4.32. The molecule has 22 heavy (non-hydrogen) atoms. The largest absolute Gasteiger partial charge is 0.482 e. The second kappa shape index (κ2) is 7.79. The number of hydrogen-bond acceptors (Lipinski definition) is 4. The lowest BCUT2D eigenvalue weighted by atomic mass is 10.2. The summed E-state index contributed by atoms with van der Waals surface area (Å²) >= 11 is 2.12. The predicted molar refractivity (Wildman–Crippen MR) is 91.1 cm³/mol. The van der Waals surface area contributed by atoms with Crippen LogP contribution in [-0.2, 0) is 9.53 Å². The number of halogens is 1. The number of nitrogens with one attached hydrogen (secondary N) is 1. The topological polar surface area (TPSA) is 64.6 Å². The van der Waals surface area contributed by atoms with Crippen LogP contribution in [0.1, 0.15) is 10.4 Å². The van der Waals surface area contributed by atoms with Crippen molar-refractivity contribution in [3.8, 4) is 5.75 Å². The number of methoxy groups -OCH3 is 1. The molecule has 0 saturated heterocycles. The van der Waals surface area contributed by atoms with E-state index in [2.05, 4.69) is 32.6 Å². The summed E-state index contributed by atoms with van der Waals surface area (Å²) in [6, 6.07) is 14.1. The molecule has 0 radical (unpaired) electrons. The average Bonchev–Trinajstić information content (AvgIpc) is 2.54. The molecule has 0 unspecified atom stereocenters. The van der Waals surface area contributed by atoms with Crippen LogP contribution >= 0.6 is 22.6 Å². The van der Waals surface area contributed by atoms with Gasteiger partial charge >= 0.3 is 5.97 Å². The molecule has 0 aromatic heterocycles. The number of anilines is 1. The minimum absolute atomic E-state index is 0.148. The van der Waals surface area contributed by atoms with E-state index >= 15 is 0 Å². The van der Waals surface area contributed by atoms with Gasteiger partial charge in [-0.05, 0) is 59.0 Å². The smallest absolute Gasteiger partial charge is 0.343 e. The number of carbonyl (C=O) groups excluding carboxylic acids is 2. The lowest BCUT2D eigenvalue weighted by molar-refractivity contribution is -0.142. The van der Waals surface area contributed by atoms with E-state index in [4.69, 9.17) is 4.74 Å². The van der Waals surface area contributed by atoms with Crippen LogP contribution in [0.15, 0.2) is 48.5 Å². The SMILES string of the molecule is COC(=O)COc1ccc(NC(=O)c2ccccc2I)cc1. The summed E-state index contributed by atoms with van der Waals surface area (Å²) in [5.74, 6) is -0.0954. The molecule has 0 spiro atoms. The molecule has 2 aromatic carbocycles. The maximum Gasteiger partial charge on any atom is 0.343 e. The van der Waals surface area contributed by atoms with E-state index in [-0.39, 0.29) is 12.5 Å². The molecule has 114 valence electrons. The van der Waals surface area contributed by atoms with Crippen LogP contribution in [-0.4, -0.2) is 25.6 Å². The fourth-order valence-electron chi connectivity index (χ4n) is 1.68. The summed E-state index contributed by atoms with van der Waals surface area (Å²) in [6.07, 6.45) is 0. The van der Waals surface area contributed by atoms with E-state index in [9.17, 15) is 9.59 Å². The van der Waals surface area contributed by atoms with Crippen molar-refractivity contribution in [2.24, 2.45) is 0 Å². The zero-order valence-corrected chi connectivity index (χ0v) is 14.0. The summed E-state index contributed by atoms with van der Waals surface area (Å²) in [4.78, 5) is 23.1. The molecule has 1 amide bonds. The summed E-state index contributed by atoms with van der Waals surface area (Å²) in [5, 5.41) is 2.81. The van der Waals surface area contributed by atoms with Crippen LogP contribution in [0.4, 0.5) is 5.69 Å². The van der Waals surface area contributed by atoms with Crippen molar-refractivity contribution >= 4 is 40.2 Å². The van der Waals surface area contributed by atoms with Crippen LogP contribution in [0.25, 0.3) is 0 Å². The zero-order chi connectivity index (χ0) is 15.9. The number of amides is 1. The summed E-state index contributed by atoms with van der Waals surface area (Å²) in [7, 11) is 1.30. The lowest BCUT2D eigenvalue weighted by Gasteiger charge is -2.08. The minimum atomic E-state index is -0.448. The maximum absolute atomic E-state index is 12.2. The average molecular weight is 411 g/mol. The molecule has 2 rings (SSSR count). The number of ether oxygens (including phenoxy) is 2. The first-order valence-electron chi connectivity index (χ1n) is 6.45. The Bertz CT molecular complexity index is 670. The predicted octanol–water partition coefficient (Wildman–Crippen LogP) is 3.10. The monoisotopic (exact) mass is 411 g/mol. The first kappa shape index (κ1) is 16.3. The molecular weight excluding hydrogens is 397 g/mol. The molecule has 0 saturated carbocycles. The Balaban J connectivity index is 1.98. The van der Waals surface area contributed by atoms with Crippen LogP contribution < -0.4 is 10.1 Å². The van der Waals surface area contributed by atoms with E-state index in [0.717, 1.165) is 3.57 Å². The van der Waals surface area contributed by atoms with E-state index < -0.39 is 5.97 Å². The molecule has 0 aliphatic carbocycles. The van der Waals surface area contributed by atoms with Gasteiger partial charge in [-0.2, -0.15) is 0 Å². The van der Waals surface area contributed by atoms with Gasteiger partial charge in [-0.1, -0.05) is 12.1 Å². The fourth-order valence-corrected chi connectivity index (χ4v) is 2.31. The second-order valence-corrected chi connectivity index (χ2v) is 5.49. The summed E-state index contributed by atoms with van der Waals surface area (Å²) in [6.45, 7) is -0.148. The molecule has 0 heterocycles. The summed E-state index contributed by atoms with van der Waals surface area (Å²) < 4.78 is 10.6. The van der Waals surface area contributed by atoms with Crippen molar-refractivity contribution in [3.63, 3.8) is 0 Å². The third-order valence-electron chi connectivity index (χ3n) is 2.82. The van der Waals surface area contributed by atoms with E-state index in [1.807, 2.05) is 18.2 Å². The third-order valence-corrected chi connectivity index (χ3v) is 3.76. The highest BCUT2D eigenvalue weighted by Gasteiger charge is 2.09. The van der Waals surface area contributed by atoms with Gasteiger partial charge in [0.1, 0.15) is 5.75 Å². The molecular formula is C16H14INO4. The van der Waals surface area contributed by atoms with Crippen molar-refractivity contribution in [2.75, 3.05) is 19.0 Å². The highest BCUT2D eigenvalue weighted by molar-refractivity contribution is 14.1. The van der Waals surface area contributed by atoms with E-state index in [1.165, 1.54) is 7.11 Å². The van der Waals surface area contributed by atoms with Gasteiger partial charge < -0.3 is 14.8 Å². The number of benzene rings is 2. The van der Waals surface area contributed by atoms with Gasteiger partial charge in [0.25, 0.3) is 5.91 Å². The number of carbonyl (C=O) groups is 2. The van der Waals surface area contributed by atoms with Crippen LogP contribution in [0.2, 0.25) is 0 Å². The lowest BCUT2D eigenvalue weighted by Crippen LogP contribution is -2.14. The molecule has 0 aliphatic rings. The Hall–Kier alpha value is -2.09. The first-order valence-corrected chi connectivity index (χ1v) is 7.53. The third kappa shape index (κ3) is 4.45. The fraction of sp³-hybridized carbons (Fsp3) is 0.125. The molecule has 6 heteroatoms. The number of esters is 1. The van der Waals surface area contributed by atoms with Crippen molar-refractivity contribution < 1.29 is 19.1 Å². The Morgan fingerprint density at radius 2 is 1.77 bits per heavy atom. The van der Waals surface area contributed by atoms with Crippen molar-refractivity contribution in [3.05, 3.63) is 57.7 Å². The van der Waals surface area contributed by atoms with Crippen LogP contribution in [0.5, 0.6) is 5.75 Å². The van der Waals surface area contributed by atoms with Gasteiger partial charge in [0, 0.05) is 9.26 Å². The standard InChI is InChI=1S/C16H14INO4/c1-21-15(19)10-22-12-8-6-11(7-9-12)18-16(20)13-4-2-3-5-14(13)17/h2-9H,10H2,1H3,(H,18,20). The highest BCUT2D eigenvalue weighted by Crippen LogP contribution is 2.18. The van der Waals surface area contributed by atoms with E-state index in [1.54, 1.807) is 30.3 Å². The molecule has 0 atom stereocenters. The normalized spacial score (nSPS) is 9.91. The maximum atomic E-state index is 12.2. The van der Waals surface area contributed by atoms with Gasteiger partial charge in [-0.15, -0.1) is 0 Å². The Morgan fingerprint density at radius 3 is 2.41 bits per heavy atom. The minimum Gasteiger partial charge on any atom is -0.482 e. The highest BCUT2D eigenvalue weighted by atomic mass is 127. The van der Waals surface area contributed by atoms with Crippen LogP contribution in [0, 0.1) is 3.57 Å². The summed E-state index contributed by atoms with van der Waals surface area (Å²) in [5.41, 5.74) is 1.27. The quantitative estimate of drug-likeness (QED) is 0.607. The Kier molecular flexibility index (Phi) is 5.76. The molecule has 5 nitrogen and oxygen atoms in total. The number of hydrogen-bond donors (Lipinski definition) is 1. The van der Waals surface area contributed by atoms with E-state index in [0.29, 0.717) is 17.0 Å². The Labute approximate surface area is 141 Å². The molecule has 2 aromatic rings. The van der Waals surface area contributed by atoms with Gasteiger partial charge in [-0.3, -0.25) is 4.79 Å². The van der Waals surface area contributed by atoms with Gasteiger partial charge in [0.05, 0.1) is 12.7 Å². The molecule has 0 aliphatic heterocycles. The van der Waals surface area contributed by atoms with Gasteiger partial charge in [0.2, 0.25) is 0 Å². The van der Waals surface area contributed by atoms with Crippen molar-refractivity contribution in [2.45, 2.75) is 0 Å². The van der Waals surface area contributed by atoms with Crippen molar-refractivity contribution in [1.82, 2.24) is 0 Å². The molecule has 0 fully saturated rings. The Morgan fingerprint density at radius 1 is 1.09 bits per heavy atom. The van der Waals surface area contributed by atoms with Gasteiger partial charge in [-0.25, -0.2) is 4.79 Å². The molecule has 1 N–H and O–H groups in total. The number of rotatable bonds is 5. The first-order chi connectivity index (χ1) is 10.6. The van der Waals surface area contributed by atoms with Crippen molar-refractivity contribution in [1.29, 1.82) is 0 Å². The zero-order valence-electron chi connectivity index (χ0n) is 11.8. The van der Waals surface area contributed by atoms with Crippen LogP contribution in [0.3, 0.4) is 0 Å².